The molecule has 1 amide bonds. The van der Waals surface area contributed by atoms with Crippen LogP contribution in [0, 0.1) is 0 Å². The summed E-state index contributed by atoms with van der Waals surface area (Å²) in [4.78, 5) is 15.9. The first kappa shape index (κ1) is 13.1. The molecule has 104 valence electrons. The Balaban J connectivity index is 1.64. The van der Waals surface area contributed by atoms with Gasteiger partial charge >= 0.3 is 0 Å². The van der Waals surface area contributed by atoms with Crippen molar-refractivity contribution < 1.29 is 4.79 Å². The molecule has 0 aliphatic rings. The predicted molar refractivity (Wildman–Crippen MR) is 79.0 cm³/mol. The van der Waals surface area contributed by atoms with Crippen molar-refractivity contribution in [2.45, 2.75) is 6.54 Å². The van der Waals surface area contributed by atoms with Crippen LogP contribution < -0.4 is 5.32 Å². The lowest BCUT2D eigenvalue weighted by atomic mass is 10.3. The quantitative estimate of drug-likeness (QED) is 0.796. The Kier molecular flexibility index (Phi) is 3.73. The van der Waals surface area contributed by atoms with Gasteiger partial charge < -0.3 is 5.32 Å². The number of para-hydroxylation sites is 1. The van der Waals surface area contributed by atoms with Crippen molar-refractivity contribution in [2.75, 3.05) is 0 Å². The van der Waals surface area contributed by atoms with Crippen molar-refractivity contribution in [2.24, 2.45) is 0 Å². The fraction of sp³-hybridized carbons (Fsp3) is 0.0625. The normalized spacial score (nSPS) is 10.3. The monoisotopic (exact) mass is 278 g/mol. The van der Waals surface area contributed by atoms with Gasteiger partial charge in [0.05, 0.1) is 11.9 Å². The highest BCUT2D eigenvalue weighted by Gasteiger charge is 2.06. The van der Waals surface area contributed by atoms with E-state index in [-0.39, 0.29) is 5.91 Å². The zero-order chi connectivity index (χ0) is 14.5. The maximum atomic E-state index is 11.9. The number of amides is 1. The molecular formula is C16H14N4O. The van der Waals surface area contributed by atoms with Gasteiger partial charge in [-0.2, -0.15) is 5.10 Å². The average Bonchev–Trinajstić information content (AvgIpc) is 3.03. The van der Waals surface area contributed by atoms with E-state index in [1.807, 2.05) is 36.5 Å². The Morgan fingerprint density at radius 2 is 1.90 bits per heavy atom. The van der Waals surface area contributed by atoms with Gasteiger partial charge in [0.25, 0.3) is 5.91 Å². The third-order valence-electron chi connectivity index (χ3n) is 3.01. The molecule has 2 aromatic heterocycles. The van der Waals surface area contributed by atoms with Crippen LogP contribution in [0.25, 0.3) is 5.69 Å². The van der Waals surface area contributed by atoms with E-state index >= 15 is 0 Å². The Morgan fingerprint density at radius 1 is 1.10 bits per heavy atom. The Morgan fingerprint density at radius 3 is 2.67 bits per heavy atom. The van der Waals surface area contributed by atoms with E-state index in [0.717, 1.165) is 11.3 Å². The van der Waals surface area contributed by atoms with Crippen LogP contribution in [0.5, 0.6) is 0 Å². The standard InChI is InChI=1S/C16H14N4O/c21-16(15-8-4-5-9-17-15)18-10-13-11-19-20(12-13)14-6-2-1-3-7-14/h1-9,11-12H,10H2,(H,18,21). The zero-order valence-electron chi connectivity index (χ0n) is 11.3. The van der Waals surface area contributed by atoms with Crippen LogP contribution in [0.15, 0.2) is 67.1 Å². The van der Waals surface area contributed by atoms with Crippen LogP contribution >= 0.6 is 0 Å². The summed E-state index contributed by atoms with van der Waals surface area (Å²) in [5.74, 6) is -0.192. The number of aromatic nitrogens is 3. The summed E-state index contributed by atoms with van der Waals surface area (Å²) in [7, 11) is 0. The lowest BCUT2D eigenvalue weighted by Gasteiger charge is -2.02. The van der Waals surface area contributed by atoms with Crippen molar-refractivity contribution >= 4 is 5.91 Å². The second kappa shape index (κ2) is 6.00. The summed E-state index contributed by atoms with van der Waals surface area (Å²) >= 11 is 0. The molecule has 0 aliphatic heterocycles. The first-order valence-electron chi connectivity index (χ1n) is 6.61. The topological polar surface area (TPSA) is 59.8 Å². The van der Waals surface area contributed by atoms with Crippen LogP contribution in [0.3, 0.4) is 0 Å². The summed E-state index contributed by atoms with van der Waals surface area (Å²) < 4.78 is 1.78. The summed E-state index contributed by atoms with van der Waals surface area (Å²) in [6.45, 7) is 0.419. The number of hydrogen-bond donors (Lipinski definition) is 1. The lowest BCUT2D eigenvalue weighted by molar-refractivity contribution is 0.0946. The number of carbonyl (C=O) groups excluding carboxylic acids is 1. The molecule has 0 spiro atoms. The van der Waals surface area contributed by atoms with E-state index in [4.69, 9.17) is 0 Å². The SMILES string of the molecule is O=C(NCc1cnn(-c2ccccc2)c1)c1ccccn1. The van der Waals surface area contributed by atoms with Gasteiger partial charge in [-0.3, -0.25) is 9.78 Å². The lowest BCUT2D eigenvalue weighted by Crippen LogP contribution is -2.23. The second-order valence-corrected chi connectivity index (χ2v) is 4.53. The van der Waals surface area contributed by atoms with Crippen molar-refractivity contribution in [3.63, 3.8) is 0 Å². The van der Waals surface area contributed by atoms with Crippen LogP contribution in [0.4, 0.5) is 0 Å². The Labute approximate surface area is 122 Å². The molecule has 21 heavy (non-hydrogen) atoms. The molecule has 0 unspecified atom stereocenters. The minimum absolute atomic E-state index is 0.192. The fourth-order valence-electron chi connectivity index (χ4n) is 1.94. The Bertz CT molecular complexity index is 722. The second-order valence-electron chi connectivity index (χ2n) is 4.53. The number of pyridine rings is 1. The summed E-state index contributed by atoms with van der Waals surface area (Å²) in [5.41, 5.74) is 2.33. The zero-order valence-corrected chi connectivity index (χ0v) is 11.3. The molecule has 3 rings (SSSR count). The van der Waals surface area contributed by atoms with Crippen molar-refractivity contribution in [1.29, 1.82) is 0 Å². The van der Waals surface area contributed by atoms with Crippen molar-refractivity contribution in [3.8, 4) is 5.69 Å². The van der Waals surface area contributed by atoms with Gasteiger partial charge in [-0.15, -0.1) is 0 Å². The predicted octanol–water partition coefficient (Wildman–Crippen LogP) is 2.20. The third-order valence-corrected chi connectivity index (χ3v) is 3.01. The van der Waals surface area contributed by atoms with E-state index in [9.17, 15) is 4.79 Å². The number of carbonyl (C=O) groups is 1. The van der Waals surface area contributed by atoms with Crippen LogP contribution in [-0.2, 0) is 6.54 Å². The molecule has 3 aromatic rings. The molecule has 0 saturated carbocycles. The van der Waals surface area contributed by atoms with Gasteiger partial charge in [0.15, 0.2) is 0 Å². The van der Waals surface area contributed by atoms with E-state index in [1.54, 1.807) is 35.3 Å². The van der Waals surface area contributed by atoms with Gasteiger partial charge in [-0.05, 0) is 24.3 Å². The van der Waals surface area contributed by atoms with E-state index in [1.165, 1.54) is 0 Å². The summed E-state index contributed by atoms with van der Waals surface area (Å²) in [6.07, 6.45) is 5.24. The molecule has 1 aromatic carbocycles. The number of rotatable bonds is 4. The highest BCUT2D eigenvalue weighted by Crippen LogP contribution is 2.07. The molecular weight excluding hydrogens is 264 g/mol. The van der Waals surface area contributed by atoms with Crippen LogP contribution in [-0.4, -0.2) is 20.7 Å². The highest BCUT2D eigenvalue weighted by atomic mass is 16.1. The molecule has 2 heterocycles. The molecule has 0 saturated heterocycles. The first-order chi connectivity index (χ1) is 10.3. The molecule has 0 atom stereocenters. The van der Waals surface area contributed by atoms with Crippen LogP contribution in [0.1, 0.15) is 16.1 Å². The third kappa shape index (κ3) is 3.14. The van der Waals surface area contributed by atoms with Crippen LogP contribution in [0.2, 0.25) is 0 Å². The number of nitrogens with one attached hydrogen (secondary N) is 1. The highest BCUT2D eigenvalue weighted by molar-refractivity contribution is 5.92. The summed E-state index contributed by atoms with van der Waals surface area (Å²) in [5, 5.41) is 7.11. The largest absolute Gasteiger partial charge is 0.347 e. The van der Waals surface area contributed by atoms with Gasteiger partial charge in [0, 0.05) is 24.5 Å². The molecule has 0 aliphatic carbocycles. The number of nitrogens with zero attached hydrogens (tertiary/aromatic N) is 3. The van der Waals surface area contributed by atoms with Crippen molar-refractivity contribution in [1.82, 2.24) is 20.1 Å². The molecule has 0 radical (unpaired) electrons. The number of benzene rings is 1. The maximum Gasteiger partial charge on any atom is 0.270 e. The first-order valence-corrected chi connectivity index (χ1v) is 6.61. The summed E-state index contributed by atoms with van der Waals surface area (Å²) in [6, 6.07) is 15.1. The average molecular weight is 278 g/mol. The molecule has 5 heteroatoms. The van der Waals surface area contributed by atoms with Gasteiger partial charge in [0.1, 0.15) is 5.69 Å². The molecule has 1 N–H and O–H groups in total. The van der Waals surface area contributed by atoms with Gasteiger partial charge in [-0.25, -0.2) is 4.68 Å². The number of hydrogen-bond acceptors (Lipinski definition) is 3. The van der Waals surface area contributed by atoms with E-state index in [0.29, 0.717) is 12.2 Å². The fourth-order valence-corrected chi connectivity index (χ4v) is 1.94. The molecule has 5 nitrogen and oxygen atoms in total. The van der Waals surface area contributed by atoms with Gasteiger partial charge in [-0.1, -0.05) is 24.3 Å². The smallest absolute Gasteiger partial charge is 0.270 e. The maximum absolute atomic E-state index is 11.9. The minimum atomic E-state index is -0.192. The molecule has 0 bridgehead atoms. The minimum Gasteiger partial charge on any atom is -0.347 e. The van der Waals surface area contributed by atoms with Crippen molar-refractivity contribution in [3.05, 3.63) is 78.4 Å². The Hall–Kier alpha value is -2.95. The van der Waals surface area contributed by atoms with E-state index < -0.39 is 0 Å². The van der Waals surface area contributed by atoms with Gasteiger partial charge in [0.2, 0.25) is 0 Å². The molecule has 0 fully saturated rings. The van der Waals surface area contributed by atoms with E-state index in [2.05, 4.69) is 15.4 Å².